The molecule has 1 aliphatic heterocycles. The van der Waals surface area contributed by atoms with Crippen molar-refractivity contribution >= 4 is 33.7 Å². The summed E-state index contributed by atoms with van der Waals surface area (Å²) in [4.78, 5) is 33.2. The van der Waals surface area contributed by atoms with Gasteiger partial charge in [0.1, 0.15) is 5.69 Å². The van der Waals surface area contributed by atoms with Crippen LogP contribution in [0.2, 0.25) is 0 Å². The van der Waals surface area contributed by atoms with E-state index in [0.717, 1.165) is 27.4 Å². The first kappa shape index (κ1) is 23.0. The second-order valence-corrected chi connectivity index (χ2v) is 8.62. The second kappa shape index (κ2) is 9.89. The van der Waals surface area contributed by atoms with Crippen LogP contribution in [0, 0.1) is 12.1 Å². The Kier molecular flexibility index (Phi) is 6.14. The number of methoxy groups -OCH3 is 1. The van der Waals surface area contributed by atoms with Crippen LogP contribution in [-0.4, -0.2) is 77.0 Å². The van der Waals surface area contributed by atoms with E-state index < -0.39 is 0 Å². The molecule has 1 fully saturated rings. The van der Waals surface area contributed by atoms with Gasteiger partial charge in [0, 0.05) is 49.4 Å². The molecule has 10 nitrogen and oxygen atoms in total. The first-order valence-corrected chi connectivity index (χ1v) is 12.1. The van der Waals surface area contributed by atoms with E-state index in [4.69, 9.17) is 24.4 Å². The maximum Gasteiger partial charge on any atom is 0.268 e. The fourth-order valence-corrected chi connectivity index (χ4v) is 4.53. The number of nitrogens with one attached hydrogen (secondary N) is 2. The van der Waals surface area contributed by atoms with Crippen LogP contribution in [0.1, 0.15) is 10.5 Å². The molecular weight excluding hydrogens is 470 g/mol. The zero-order valence-corrected chi connectivity index (χ0v) is 20.3. The van der Waals surface area contributed by atoms with Crippen molar-refractivity contribution in [1.82, 2.24) is 29.8 Å². The van der Waals surface area contributed by atoms with Crippen molar-refractivity contribution in [3.63, 3.8) is 0 Å². The first-order chi connectivity index (χ1) is 18.2. The molecule has 3 aromatic heterocycles. The molecule has 37 heavy (non-hydrogen) atoms. The van der Waals surface area contributed by atoms with Crippen molar-refractivity contribution < 1.29 is 14.3 Å². The minimum absolute atomic E-state index is 0.260. The Balaban J connectivity index is 1.55. The van der Waals surface area contributed by atoms with Gasteiger partial charge in [-0.3, -0.25) is 9.36 Å². The van der Waals surface area contributed by atoms with Crippen molar-refractivity contribution in [2.45, 2.75) is 0 Å². The predicted molar refractivity (Wildman–Crippen MR) is 139 cm³/mol. The number of ether oxygens (including phenoxy) is 2. The lowest BCUT2D eigenvalue weighted by Crippen LogP contribution is -2.37. The molecule has 1 saturated heterocycles. The Morgan fingerprint density at radius 3 is 2.89 bits per heavy atom. The molecule has 1 aliphatic rings. The van der Waals surface area contributed by atoms with Gasteiger partial charge in [-0.05, 0) is 30.3 Å². The number of carbonyl (C=O) groups excluding carboxylic acids is 1. The van der Waals surface area contributed by atoms with Gasteiger partial charge in [0.05, 0.1) is 30.7 Å². The Labute approximate surface area is 213 Å². The number of hydrogen-bond donors (Lipinski definition) is 2. The summed E-state index contributed by atoms with van der Waals surface area (Å²) >= 11 is 0. The number of benzene rings is 1. The highest BCUT2D eigenvalue weighted by atomic mass is 16.5. The summed E-state index contributed by atoms with van der Waals surface area (Å²) < 4.78 is 12.4. The molecule has 0 unspecified atom stereocenters. The number of hydrogen-bond acceptors (Lipinski definition) is 7. The third kappa shape index (κ3) is 4.35. The van der Waals surface area contributed by atoms with Gasteiger partial charge >= 0.3 is 0 Å². The highest BCUT2D eigenvalue weighted by Gasteiger charge is 2.23. The van der Waals surface area contributed by atoms with Gasteiger partial charge in [-0.15, -0.1) is 0 Å². The SMILES string of the molecule is COCCNC(=O)c1cc2c#cccc2n1-c1nc(-c2cccc3[nH]ccc23)nc(N2CCOCC2)n1. The van der Waals surface area contributed by atoms with Crippen molar-refractivity contribution in [1.29, 1.82) is 0 Å². The minimum atomic E-state index is -0.260. The largest absolute Gasteiger partial charge is 0.383 e. The molecular formula is C27H25N7O3. The highest BCUT2D eigenvalue weighted by molar-refractivity contribution is 5.99. The van der Waals surface area contributed by atoms with Crippen LogP contribution in [-0.2, 0) is 9.47 Å². The molecule has 6 rings (SSSR count). The Morgan fingerprint density at radius 2 is 2.03 bits per heavy atom. The van der Waals surface area contributed by atoms with E-state index in [1.165, 1.54) is 0 Å². The van der Waals surface area contributed by atoms with Gasteiger partial charge in [-0.25, -0.2) is 0 Å². The summed E-state index contributed by atoms with van der Waals surface area (Å²) in [6.45, 7) is 3.29. The van der Waals surface area contributed by atoms with Crippen molar-refractivity contribution in [3.8, 4) is 17.3 Å². The zero-order valence-electron chi connectivity index (χ0n) is 20.3. The Hall–Kier alpha value is -4.46. The summed E-state index contributed by atoms with van der Waals surface area (Å²) in [5.74, 6) is 1.15. The Morgan fingerprint density at radius 1 is 1.16 bits per heavy atom. The van der Waals surface area contributed by atoms with Crippen molar-refractivity contribution in [2.75, 3.05) is 51.5 Å². The van der Waals surface area contributed by atoms with Crippen molar-refractivity contribution in [2.24, 2.45) is 0 Å². The molecule has 1 amide bonds. The lowest BCUT2D eigenvalue weighted by molar-refractivity contribution is 0.0930. The average Bonchev–Trinajstić information content (AvgIpc) is 3.58. The first-order valence-electron chi connectivity index (χ1n) is 12.1. The molecule has 0 aliphatic carbocycles. The molecule has 0 radical (unpaired) electrons. The number of anilines is 1. The summed E-state index contributed by atoms with van der Waals surface area (Å²) in [6, 6.07) is 19.5. The van der Waals surface area contributed by atoms with E-state index >= 15 is 0 Å². The number of H-pyrrole nitrogens is 1. The zero-order chi connectivity index (χ0) is 25.2. The Bertz CT molecular complexity index is 1570. The number of morpholine rings is 1. The van der Waals surface area contributed by atoms with Crippen LogP contribution in [0.4, 0.5) is 5.95 Å². The van der Waals surface area contributed by atoms with Crippen LogP contribution in [0.5, 0.6) is 0 Å². The number of aromatic amines is 1. The normalized spacial score (nSPS) is 13.7. The summed E-state index contributed by atoms with van der Waals surface area (Å²) in [5.41, 5.74) is 3.01. The molecule has 0 saturated carbocycles. The second-order valence-electron chi connectivity index (χ2n) is 8.62. The van der Waals surface area contributed by atoms with Gasteiger partial charge in [-0.2, -0.15) is 15.0 Å². The molecule has 0 spiro atoms. The molecule has 2 aromatic carbocycles. The summed E-state index contributed by atoms with van der Waals surface area (Å²) in [7, 11) is 1.60. The fraction of sp³-hybridized carbons (Fsp3) is 0.259. The van der Waals surface area contributed by atoms with E-state index in [-0.39, 0.29) is 5.91 Å². The number of amides is 1. The van der Waals surface area contributed by atoms with Gasteiger partial charge in [0.25, 0.3) is 5.91 Å². The van der Waals surface area contributed by atoms with Crippen LogP contribution in [0.15, 0.2) is 48.7 Å². The summed E-state index contributed by atoms with van der Waals surface area (Å²) in [6.07, 6.45) is 1.90. The third-order valence-corrected chi connectivity index (χ3v) is 6.34. The number of nitrogens with zero attached hydrogens (tertiary/aromatic N) is 5. The predicted octanol–water partition coefficient (Wildman–Crippen LogP) is 2.78. The quantitative estimate of drug-likeness (QED) is 0.334. The van der Waals surface area contributed by atoms with Crippen LogP contribution in [0.3, 0.4) is 0 Å². The fourth-order valence-electron chi connectivity index (χ4n) is 4.53. The van der Waals surface area contributed by atoms with E-state index in [1.54, 1.807) is 23.8 Å². The van der Waals surface area contributed by atoms with Gasteiger partial charge in [0.2, 0.25) is 11.9 Å². The lowest BCUT2D eigenvalue weighted by atomic mass is 10.1. The molecule has 10 heteroatoms. The number of carbonyl (C=O) groups is 1. The number of rotatable bonds is 7. The van der Waals surface area contributed by atoms with Crippen molar-refractivity contribution in [3.05, 3.63) is 66.5 Å². The van der Waals surface area contributed by atoms with E-state index in [9.17, 15) is 4.79 Å². The van der Waals surface area contributed by atoms with Crippen LogP contribution in [0.25, 0.3) is 39.1 Å². The monoisotopic (exact) mass is 495 g/mol. The number of aromatic nitrogens is 5. The molecule has 2 N–H and O–H groups in total. The molecule has 5 aromatic rings. The molecule has 0 bridgehead atoms. The highest BCUT2D eigenvalue weighted by Crippen LogP contribution is 2.29. The lowest BCUT2D eigenvalue weighted by Gasteiger charge is -2.27. The van der Waals surface area contributed by atoms with Gasteiger partial charge in [0.15, 0.2) is 5.82 Å². The smallest absolute Gasteiger partial charge is 0.268 e. The van der Waals surface area contributed by atoms with Crippen LogP contribution >= 0.6 is 0 Å². The average molecular weight is 496 g/mol. The third-order valence-electron chi connectivity index (χ3n) is 6.34. The molecule has 4 heterocycles. The topological polar surface area (TPSA) is 110 Å². The number of fused-ring (bicyclic) bond motifs is 2. The van der Waals surface area contributed by atoms with E-state index in [1.807, 2.05) is 36.5 Å². The molecule has 0 atom stereocenters. The minimum Gasteiger partial charge on any atom is -0.383 e. The van der Waals surface area contributed by atoms with Gasteiger partial charge in [-0.1, -0.05) is 24.3 Å². The van der Waals surface area contributed by atoms with E-state index in [2.05, 4.69) is 27.3 Å². The maximum absolute atomic E-state index is 13.3. The van der Waals surface area contributed by atoms with E-state index in [0.29, 0.717) is 62.9 Å². The summed E-state index contributed by atoms with van der Waals surface area (Å²) in [5, 5.41) is 4.65. The molecule has 186 valence electrons. The van der Waals surface area contributed by atoms with Gasteiger partial charge < -0.3 is 24.7 Å². The maximum atomic E-state index is 13.3. The van der Waals surface area contributed by atoms with Crippen LogP contribution < -0.4 is 10.2 Å². The standard InChI is InChI=1S/C27H25N7O3/c1-36-14-11-29-25(35)23-17-18-5-2-3-8-22(18)34(23)27-31-24(20-6-4-7-21-19(20)9-10-28-21)30-26(32-27)33-12-15-37-16-13-33/h3-4,6-10,17,28H,11-16H2,1H3,(H,29,35).